The van der Waals surface area contributed by atoms with E-state index in [1.54, 1.807) is 0 Å². The summed E-state index contributed by atoms with van der Waals surface area (Å²) < 4.78 is 0. The van der Waals surface area contributed by atoms with E-state index in [9.17, 15) is 4.79 Å². The van der Waals surface area contributed by atoms with Crippen molar-refractivity contribution in [2.75, 3.05) is 5.32 Å². The summed E-state index contributed by atoms with van der Waals surface area (Å²) in [5.41, 5.74) is 0. The van der Waals surface area contributed by atoms with E-state index in [0.717, 1.165) is 12.8 Å². The van der Waals surface area contributed by atoms with E-state index in [4.69, 9.17) is 5.26 Å². The molecule has 1 aromatic heterocycles. The smallest absolute Gasteiger partial charge is 0.229 e. The first kappa shape index (κ1) is 11.7. The lowest BCUT2D eigenvalue weighted by molar-refractivity contribution is -0.120. The first-order chi connectivity index (χ1) is 7.21. The fourth-order valence-corrected chi connectivity index (χ4v) is 1.87. The molecular formula is C10H13N3OS. The summed E-state index contributed by atoms with van der Waals surface area (Å²) in [5, 5.41) is 11.8. The van der Waals surface area contributed by atoms with Crippen LogP contribution in [0.2, 0.25) is 0 Å². The number of carbonyl (C=O) groups is 1. The molecule has 1 aromatic rings. The number of nitrogens with one attached hydrogen (secondary N) is 1. The Kier molecular flexibility index (Phi) is 4.25. The van der Waals surface area contributed by atoms with E-state index >= 15 is 0 Å². The second-order valence-corrected chi connectivity index (χ2v) is 4.17. The zero-order valence-corrected chi connectivity index (χ0v) is 9.60. The van der Waals surface area contributed by atoms with Crippen molar-refractivity contribution in [3.63, 3.8) is 0 Å². The lowest BCUT2D eigenvalue weighted by atomic mass is 10.0. The molecule has 0 saturated heterocycles. The average molecular weight is 223 g/mol. The number of hydrogen-bond acceptors (Lipinski definition) is 4. The highest BCUT2D eigenvalue weighted by Gasteiger charge is 2.15. The van der Waals surface area contributed by atoms with Crippen molar-refractivity contribution in [3.05, 3.63) is 11.1 Å². The van der Waals surface area contributed by atoms with E-state index in [2.05, 4.69) is 10.3 Å². The molecule has 0 saturated carbocycles. The van der Waals surface area contributed by atoms with Gasteiger partial charge in [0.15, 0.2) is 5.13 Å². The van der Waals surface area contributed by atoms with E-state index in [0.29, 0.717) is 10.0 Å². The van der Waals surface area contributed by atoms with Crippen LogP contribution in [-0.4, -0.2) is 10.9 Å². The third kappa shape index (κ3) is 3.03. The lowest BCUT2D eigenvalue weighted by Gasteiger charge is -2.10. The number of nitrogens with zero attached hydrogens (tertiary/aromatic N) is 2. The summed E-state index contributed by atoms with van der Waals surface area (Å²) in [4.78, 5) is 16.1. The van der Waals surface area contributed by atoms with E-state index < -0.39 is 0 Å². The first-order valence-electron chi connectivity index (χ1n) is 4.88. The highest BCUT2D eigenvalue weighted by Crippen LogP contribution is 2.18. The second kappa shape index (κ2) is 5.47. The number of rotatable bonds is 4. The van der Waals surface area contributed by atoms with Crippen LogP contribution in [-0.2, 0) is 4.79 Å². The molecule has 0 aliphatic carbocycles. The van der Waals surface area contributed by atoms with Crippen LogP contribution in [0.4, 0.5) is 5.13 Å². The Hall–Kier alpha value is -1.41. The summed E-state index contributed by atoms with van der Waals surface area (Å²) in [7, 11) is 0. The number of thiazole rings is 1. The largest absolute Gasteiger partial charge is 0.302 e. The molecule has 1 rings (SSSR count). The minimum atomic E-state index is -0.0150. The average Bonchev–Trinajstić information content (AvgIpc) is 2.67. The zero-order chi connectivity index (χ0) is 11.3. The minimum absolute atomic E-state index is 0.0150. The maximum atomic E-state index is 11.6. The van der Waals surface area contributed by atoms with Crippen molar-refractivity contribution in [2.24, 2.45) is 5.92 Å². The summed E-state index contributed by atoms with van der Waals surface area (Å²) in [6, 6.07) is 1.98. The molecule has 0 atom stereocenters. The van der Waals surface area contributed by atoms with Gasteiger partial charge in [0.2, 0.25) is 5.91 Å². The maximum absolute atomic E-state index is 11.6. The lowest BCUT2D eigenvalue weighted by Crippen LogP contribution is -2.21. The molecule has 0 fully saturated rings. The van der Waals surface area contributed by atoms with Gasteiger partial charge in [-0.15, -0.1) is 0 Å². The Bertz CT molecular complexity index is 376. The van der Waals surface area contributed by atoms with Gasteiger partial charge < -0.3 is 5.32 Å². The molecule has 0 aliphatic heterocycles. The highest BCUT2D eigenvalue weighted by molar-refractivity contribution is 7.16. The van der Waals surface area contributed by atoms with Crippen LogP contribution in [0, 0.1) is 17.2 Å². The van der Waals surface area contributed by atoms with Gasteiger partial charge >= 0.3 is 0 Å². The fraction of sp³-hybridized carbons (Fsp3) is 0.500. The number of amides is 1. The molecule has 5 heteroatoms. The van der Waals surface area contributed by atoms with Crippen molar-refractivity contribution in [1.29, 1.82) is 5.26 Å². The number of nitriles is 1. The molecule has 0 spiro atoms. The molecule has 1 N–H and O–H groups in total. The second-order valence-electron chi connectivity index (χ2n) is 3.14. The third-order valence-corrected chi connectivity index (χ3v) is 3.02. The Morgan fingerprint density at radius 3 is 2.80 bits per heavy atom. The van der Waals surface area contributed by atoms with Crippen LogP contribution in [0.25, 0.3) is 0 Å². The van der Waals surface area contributed by atoms with E-state index in [1.165, 1.54) is 17.5 Å². The molecule has 1 heterocycles. The SMILES string of the molecule is CCC(CC)C(=O)Nc1ncc(C#N)s1. The van der Waals surface area contributed by atoms with Crippen LogP contribution >= 0.6 is 11.3 Å². The van der Waals surface area contributed by atoms with Crippen molar-refractivity contribution in [1.82, 2.24) is 4.98 Å². The Morgan fingerprint density at radius 1 is 1.67 bits per heavy atom. The third-order valence-electron chi connectivity index (χ3n) is 2.20. The summed E-state index contributed by atoms with van der Waals surface area (Å²) >= 11 is 1.20. The van der Waals surface area contributed by atoms with Crippen molar-refractivity contribution in [2.45, 2.75) is 26.7 Å². The molecule has 1 amide bonds. The van der Waals surface area contributed by atoms with Gasteiger partial charge in [-0.1, -0.05) is 25.2 Å². The van der Waals surface area contributed by atoms with Crippen LogP contribution in [0.1, 0.15) is 31.6 Å². The molecule has 15 heavy (non-hydrogen) atoms. The van der Waals surface area contributed by atoms with Gasteiger partial charge in [0.1, 0.15) is 10.9 Å². The van der Waals surface area contributed by atoms with E-state index in [1.807, 2.05) is 19.9 Å². The van der Waals surface area contributed by atoms with Crippen molar-refractivity contribution < 1.29 is 4.79 Å². The quantitative estimate of drug-likeness (QED) is 0.852. The number of aromatic nitrogens is 1. The topological polar surface area (TPSA) is 65.8 Å². The number of carbonyl (C=O) groups excluding carboxylic acids is 1. The predicted octanol–water partition coefficient (Wildman–Crippen LogP) is 2.39. The summed E-state index contributed by atoms with van der Waals surface area (Å²) in [6.45, 7) is 3.96. The van der Waals surface area contributed by atoms with Gasteiger partial charge in [0, 0.05) is 5.92 Å². The first-order valence-corrected chi connectivity index (χ1v) is 5.69. The van der Waals surface area contributed by atoms with Crippen molar-refractivity contribution >= 4 is 22.4 Å². The summed E-state index contributed by atoms with van der Waals surface area (Å²) in [5.74, 6) is 0.0123. The van der Waals surface area contributed by atoms with Gasteiger partial charge in [-0.05, 0) is 12.8 Å². The molecule has 4 nitrogen and oxygen atoms in total. The van der Waals surface area contributed by atoms with Crippen LogP contribution < -0.4 is 5.32 Å². The van der Waals surface area contributed by atoms with Gasteiger partial charge in [0.25, 0.3) is 0 Å². The maximum Gasteiger partial charge on any atom is 0.229 e. The Labute approximate surface area is 92.9 Å². The van der Waals surface area contributed by atoms with Gasteiger partial charge in [-0.2, -0.15) is 5.26 Å². The van der Waals surface area contributed by atoms with Crippen LogP contribution in [0.5, 0.6) is 0 Å². The van der Waals surface area contributed by atoms with Crippen molar-refractivity contribution in [3.8, 4) is 6.07 Å². The zero-order valence-electron chi connectivity index (χ0n) is 8.78. The van der Waals surface area contributed by atoms with Crippen LogP contribution in [0.3, 0.4) is 0 Å². The highest BCUT2D eigenvalue weighted by atomic mass is 32.1. The predicted molar refractivity (Wildman–Crippen MR) is 59.5 cm³/mol. The Balaban J connectivity index is 2.62. The Morgan fingerprint density at radius 2 is 2.33 bits per heavy atom. The monoisotopic (exact) mass is 223 g/mol. The molecule has 80 valence electrons. The van der Waals surface area contributed by atoms with Gasteiger partial charge in [-0.25, -0.2) is 4.98 Å². The van der Waals surface area contributed by atoms with Crippen LogP contribution in [0.15, 0.2) is 6.20 Å². The van der Waals surface area contributed by atoms with E-state index in [-0.39, 0.29) is 11.8 Å². The molecule has 0 bridgehead atoms. The molecule has 0 unspecified atom stereocenters. The number of hydrogen-bond donors (Lipinski definition) is 1. The standard InChI is InChI=1S/C10H13N3OS/c1-3-7(4-2)9(14)13-10-12-6-8(5-11)15-10/h6-7H,3-4H2,1-2H3,(H,12,13,14). The normalized spacial score (nSPS) is 10.0. The molecule has 0 aromatic carbocycles. The van der Waals surface area contributed by atoms with Gasteiger partial charge in [0.05, 0.1) is 6.20 Å². The summed E-state index contributed by atoms with van der Waals surface area (Å²) in [6.07, 6.45) is 3.10. The minimum Gasteiger partial charge on any atom is -0.302 e. The molecule has 0 aliphatic rings. The fourth-order valence-electron chi connectivity index (χ4n) is 1.25. The molecular weight excluding hydrogens is 210 g/mol. The molecule has 0 radical (unpaired) electrons. The van der Waals surface area contributed by atoms with Gasteiger partial charge in [-0.3, -0.25) is 4.79 Å². The number of anilines is 1.